The van der Waals surface area contributed by atoms with Crippen molar-refractivity contribution in [1.82, 2.24) is 14.5 Å². The molecule has 5 nitrogen and oxygen atoms in total. The van der Waals surface area contributed by atoms with Gasteiger partial charge in [0.15, 0.2) is 0 Å². The van der Waals surface area contributed by atoms with E-state index in [0.29, 0.717) is 13.1 Å². The number of halogens is 4. The molecule has 1 N–H and O–H groups in total. The Hall–Kier alpha value is -0.150. The van der Waals surface area contributed by atoms with Crippen molar-refractivity contribution in [2.75, 3.05) is 39.3 Å². The first kappa shape index (κ1) is 20.2. The van der Waals surface area contributed by atoms with E-state index in [1.54, 1.807) is 0 Å². The highest BCUT2D eigenvalue weighted by atomic mass is 35.5. The maximum Gasteiger partial charge on any atom is 0.246 e. The van der Waals surface area contributed by atoms with Crippen LogP contribution in [0.1, 0.15) is 6.42 Å². The average Bonchev–Trinajstić information content (AvgIpc) is 2.97. The first-order valence-corrected chi connectivity index (χ1v) is 9.68. The Morgan fingerprint density at radius 2 is 1.71 bits per heavy atom. The van der Waals surface area contributed by atoms with Crippen LogP contribution in [0.5, 0.6) is 0 Å². The summed E-state index contributed by atoms with van der Waals surface area (Å²) in [6, 6.07) is 2.15. The maximum absolute atomic E-state index is 13.3. The molecule has 0 amide bonds. The van der Waals surface area contributed by atoms with Gasteiger partial charge in [0.2, 0.25) is 10.0 Å². The van der Waals surface area contributed by atoms with Gasteiger partial charge in [-0.25, -0.2) is 12.8 Å². The van der Waals surface area contributed by atoms with Crippen molar-refractivity contribution in [2.45, 2.75) is 17.4 Å². The van der Waals surface area contributed by atoms with Crippen molar-refractivity contribution in [3.8, 4) is 0 Å². The third kappa shape index (κ3) is 3.98. The largest absolute Gasteiger partial charge is 0.314 e. The molecular weight excluding hydrogens is 400 g/mol. The minimum Gasteiger partial charge on any atom is -0.314 e. The van der Waals surface area contributed by atoms with Gasteiger partial charge in [0.1, 0.15) is 10.7 Å². The number of piperazine rings is 1. The number of sulfonamides is 1. The summed E-state index contributed by atoms with van der Waals surface area (Å²) in [5, 5.41) is 2.92. The minimum atomic E-state index is -3.83. The van der Waals surface area contributed by atoms with Crippen molar-refractivity contribution < 1.29 is 12.8 Å². The van der Waals surface area contributed by atoms with Gasteiger partial charge >= 0.3 is 0 Å². The van der Waals surface area contributed by atoms with Crippen LogP contribution in [-0.2, 0) is 10.0 Å². The number of nitrogens with one attached hydrogen (secondary N) is 1. The van der Waals surface area contributed by atoms with E-state index in [1.807, 2.05) is 0 Å². The summed E-state index contributed by atoms with van der Waals surface area (Å²) in [6.45, 7) is 4.48. The van der Waals surface area contributed by atoms with Crippen LogP contribution < -0.4 is 5.32 Å². The second-order valence-electron chi connectivity index (χ2n) is 5.79. The molecule has 0 bridgehead atoms. The Bertz CT molecular complexity index is 676. The second-order valence-corrected chi connectivity index (χ2v) is 8.48. The lowest BCUT2D eigenvalue weighted by Gasteiger charge is -2.32. The predicted molar refractivity (Wildman–Crippen MR) is 95.3 cm³/mol. The fourth-order valence-corrected chi connectivity index (χ4v) is 5.81. The lowest BCUT2D eigenvalue weighted by Crippen LogP contribution is -2.49. The van der Waals surface area contributed by atoms with Gasteiger partial charge in [0, 0.05) is 45.3 Å². The monoisotopic (exact) mass is 417 g/mol. The van der Waals surface area contributed by atoms with Crippen LogP contribution in [0.3, 0.4) is 0 Å². The van der Waals surface area contributed by atoms with Crippen LogP contribution in [0.2, 0.25) is 10.0 Å². The molecule has 1 atom stereocenters. The van der Waals surface area contributed by atoms with Crippen LogP contribution in [0.25, 0.3) is 0 Å². The number of rotatable bonds is 3. The molecule has 2 fully saturated rings. The van der Waals surface area contributed by atoms with Gasteiger partial charge in [-0.15, -0.1) is 12.4 Å². The third-order valence-electron chi connectivity index (χ3n) is 4.36. The molecule has 136 valence electrons. The van der Waals surface area contributed by atoms with E-state index < -0.39 is 15.8 Å². The van der Waals surface area contributed by atoms with E-state index in [9.17, 15) is 12.8 Å². The Kier molecular flexibility index (Phi) is 6.75. The molecular formula is C14H19Cl3FN3O2S. The van der Waals surface area contributed by atoms with E-state index in [0.717, 1.165) is 44.7 Å². The van der Waals surface area contributed by atoms with Crippen molar-refractivity contribution in [1.29, 1.82) is 0 Å². The van der Waals surface area contributed by atoms with Crippen LogP contribution in [-0.4, -0.2) is 62.9 Å². The fourth-order valence-electron chi connectivity index (χ4n) is 3.18. The van der Waals surface area contributed by atoms with Crippen molar-refractivity contribution in [2.24, 2.45) is 0 Å². The third-order valence-corrected chi connectivity index (χ3v) is 7.14. The van der Waals surface area contributed by atoms with Gasteiger partial charge in [0.25, 0.3) is 0 Å². The number of hydrogen-bond acceptors (Lipinski definition) is 4. The normalized spacial score (nSPS) is 23.2. The van der Waals surface area contributed by atoms with Crippen molar-refractivity contribution in [3.05, 3.63) is 28.0 Å². The quantitative estimate of drug-likeness (QED) is 0.818. The molecule has 0 radical (unpaired) electrons. The number of nitrogens with zero attached hydrogens (tertiary/aromatic N) is 2. The summed E-state index contributed by atoms with van der Waals surface area (Å²) in [7, 11) is -3.83. The smallest absolute Gasteiger partial charge is 0.246 e. The van der Waals surface area contributed by atoms with E-state index >= 15 is 0 Å². The van der Waals surface area contributed by atoms with Crippen LogP contribution in [0.4, 0.5) is 4.39 Å². The van der Waals surface area contributed by atoms with Crippen LogP contribution >= 0.6 is 35.6 Å². The summed E-state index contributed by atoms with van der Waals surface area (Å²) in [5.74, 6) is -0.654. The van der Waals surface area contributed by atoms with Crippen LogP contribution in [0.15, 0.2) is 17.0 Å². The van der Waals surface area contributed by atoms with Crippen LogP contribution in [0, 0.1) is 5.82 Å². The molecule has 10 heteroatoms. The summed E-state index contributed by atoms with van der Waals surface area (Å²) < 4.78 is 40.3. The number of hydrogen-bond donors (Lipinski definition) is 1. The molecule has 0 spiro atoms. The molecule has 24 heavy (non-hydrogen) atoms. The standard InChI is InChI=1S/C14H18Cl2FN3O2S.ClH/c15-12-7-10(17)8-13(16)14(12)23(21,22)20-4-1-11(9-20)19-5-2-18-3-6-19;/h7-8,11,18H,1-6,9H2;1H. The topological polar surface area (TPSA) is 52.7 Å². The summed E-state index contributed by atoms with van der Waals surface area (Å²) >= 11 is 11.9. The van der Waals surface area contributed by atoms with Gasteiger partial charge < -0.3 is 5.32 Å². The van der Waals surface area contributed by atoms with Gasteiger partial charge in [-0.3, -0.25) is 4.90 Å². The number of benzene rings is 1. The Balaban J connectivity index is 0.00000208. The molecule has 2 aliphatic heterocycles. The molecule has 0 saturated carbocycles. The maximum atomic E-state index is 13.3. The first-order chi connectivity index (χ1) is 10.9. The highest BCUT2D eigenvalue weighted by Crippen LogP contribution is 2.34. The van der Waals surface area contributed by atoms with Crippen molar-refractivity contribution in [3.63, 3.8) is 0 Å². The fraction of sp³-hybridized carbons (Fsp3) is 0.571. The Labute approximate surface area is 157 Å². The summed E-state index contributed by atoms with van der Waals surface area (Å²) in [6.07, 6.45) is 0.773. The van der Waals surface area contributed by atoms with Gasteiger partial charge in [-0.1, -0.05) is 23.2 Å². The van der Waals surface area contributed by atoms with Gasteiger partial charge in [-0.2, -0.15) is 4.31 Å². The molecule has 0 aliphatic carbocycles. The molecule has 1 aromatic carbocycles. The van der Waals surface area contributed by atoms with E-state index in [2.05, 4.69) is 10.2 Å². The molecule has 1 unspecified atom stereocenters. The van der Waals surface area contributed by atoms with Crippen molar-refractivity contribution >= 4 is 45.6 Å². The SMILES string of the molecule is Cl.O=S(=O)(c1c(Cl)cc(F)cc1Cl)N1CCC(N2CCNCC2)C1. The zero-order chi connectivity index (χ0) is 16.6. The molecule has 2 heterocycles. The predicted octanol–water partition coefficient (Wildman–Crippen LogP) is 2.22. The molecule has 1 aromatic rings. The lowest BCUT2D eigenvalue weighted by molar-refractivity contribution is 0.179. The molecule has 2 saturated heterocycles. The average molecular weight is 419 g/mol. The van der Waals surface area contributed by atoms with Gasteiger partial charge in [0.05, 0.1) is 10.0 Å². The highest BCUT2D eigenvalue weighted by molar-refractivity contribution is 7.89. The zero-order valence-electron chi connectivity index (χ0n) is 12.8. The molecule has 0 aromatic heterocycles. The second kappa shape index (κ2) is 8.03. The Morgan fingerprint density at radius 3 is 2.29 bits per heavy atom. The minimum absolute atomic E-state index is 0. The Morgan fingerprint density at radius 1 is 1.12 bits per heavy atom. The highest BCUT2D eigenvalue weighted by Gasteiger charge is 2.37. The van der Waals surface area contributed by atoms with E-state index in [-0.39, 0.29) is 33.4 Å². The molecule has 3 rings (SSSR count). The lowest BCUT2D eigenvalue weighted by atomic mass is 10.2. The van der Waals surface area contributed by atoms with E-state index in [4.69, 9.17) is 23.2 Å². The summed E-state index contributed by atoms with van der Waals surface area (Å²) in [4.78, 5) is 2.10. The van der Waals surface area contributed by atoms with E-state index in [1.165, 1.54) is 4.31 Å². The zero-order valence-corrected chi connectivity index (χ0v) is 16.0. The first-order valence-electron chi connectivity index (χ1n) is 7.49. The molecule has 2 aliphatic rings. The summed E-state index contributed by atoms with van der Waals surface area (Å²) in [5.41, 5.74) is 0. The van der Waals surface area contributed by atoms with Gasteiger partial charge in [-0.05, 0) is 18.6 Å².